The van der Waals surface area contributed by atoms with E-state index in [2.05, 4.69) is 34.8 Å². The Bertz CT molecular complexity index is 971. The van der Waals surface area contributed by atoms with Crippen LogP contribution < -0.4 is 20.1 Å². The zero-order valence-electron chi connectivity index (χ0n) is 16.9. The molecule has 0 radical (unpaired) electrons. The summed E-state index contributed by atoms with van der Waals surface area (Å²) in [7, 11) is 3.27. The van der Waals surface area contributed by atoms with Crippen molar-refractivity contribution in [3.8, 4) is 11.5 Å². The van der Waals surface area contributed by atoms with Gasteiger partial charge in [0.2, 0.25) is 0 Å². The first-order valence-electron chi connectivity index (χ1n) is 9.41. The summed E-state index contributed by atoms with van der Waals surface area (Å²) in [6.45, 7) is 3.54. The highest BCUT2D eigenvalue weighted by Gasteiger charge is 2.06. The van der Waals surface area contributed by atoms with Gasteiger partial charge in [0.25, 0.3) is 0 Å². The summed E-state index contributed by atoms with van der Waals surface area (Å²) < 4.78 is 12.5. The summed E-state index contributed by atoms with van der Waals surface area (Å²) in [5, 5.41) is 11.4. The Morgan fingerprint density at radius 2 is 1.90 bits per heavy atom. The van der Waals surface area contributed by atoms with Crippen molar-refractivity contribution >= 4 is 23.0 Å². The first kappa shape index (κ1) is 20.7. The van der Waals surface area contributed by atoms with Crippen LogP contribution in [0, 0.1) is 6.92 Å². The molecule has 0 fully saturated rings. The number of anilines is 1. The quantitative estimate of drug-likeness (QED) is 0.551. The molecule has 0 bridgehead atoms. The molecule has 0 atom stereocenters. The molecule has 7 heteroatoms. The van der Waals surface area contributed by atoms with Crippen molar-refractivity contribution in [1.29, 1.82) is 0 Å². The maximum Gasteiger partial charge on any atom is 0.170 e. The van der Waals surface area contributed by atoms with Crippen LogP contribution in [-0.2, 0) is 13.0 Å². The van der Waals surface area contributed by atoms with Crippen LogP contribution in [0.3, 0.4) is 0 Å². The van der Waals surface area contributed by atoms with E-state index in [4.69, 9.17) is 21.7 Å². The van der Waals surface area contributed by atoms with Crippen molar-refractivity contribution in [3.05, 3.63) is 71.5 Å². The van der Waals surface area contributed by atoms with E-state index in [1.165, 1.54) is 11.1 Å². The molecule has 0 saturated heterocycles. The smallest absolute Gasteiger partial charge is 0.170 e. The molecule has 3 aromatic rings. The number of hydrogen-bond acceptors (Lipinski definition) is 4. The average Bonchev–Trinajstić information content (AvgIpc) is 3.16. The van der Waals surface area contributed by atoms with Gasteiger partial charge in [-0.25, -0.2) is 0 Å². The largest absolute Gasteiger partial charge is 0.493 e. The monoisotopic (exact) mass is 410 g/mol. The Kier molecular flexibility index (Phi) is 7.08. The fourth-order valence-corrected chi connectivity index (χ4v) is 3.23. The van der Waals surface area contributed by atoms with Crippen LogP contribution >= 0.6 is 12.2 Å². The summed E-state index contributed by atoms with van der Waals surface area (Å²) in [5.41, 5.74) is 4.51. The van der Waals surface area contributed by atoms with E-state index >= 15 is 0 Å². The third kappa shape index (κ3) is 5.71. The predicted molar refractivity (Wildman–Crippen MR) is 120 cm³/mol. The van der Waals surface area contributed by atoms with E-state index in [0.29, 0.717) is 11.7 Å². The highest BCUT2D eigenvalue weighted by Crippen LogP contribution is 2.27. The van der Waals surface area contributed by atoms with Crippen LogP contribution in [0.4, 0.5) is 5.69 Å². The Labute approximate surface area is 176 Å². The van der Waals surface area contributed by atoms with E-state index in [1.54, 1.807) is 20.4 Å². The standard InChI is InChI=1S/C22H26N4O2S/c1-16-6-4-5-7-18(16)14-26-15-19(13-24-26)25-22(29)23-11-10-17-8-9-20(27-2)21(12-17)28-3/h4-9,12-13,15H,10-11,14H2,1-3H3,(H2,23,25,29). The number of aryl methyl sites for hydroxylation is 1. The molecular formula is C22H26N4O2S. The Hall–Kier alpha value is -3.06. The molecule has 6 nitrogen and oxygen atoms in total. The van der Waals surface area contributed by atoms with Crippen LogP contribution in [0.25, 0.3) is 0 Å². The minimum absolute atomic E-state index is 0.570. The molecule has 0 spiro atoms. The predicted octanol–water partition coefficient (Wildman–Crippen LogP) is 3.79. The molecule has 29 heavy (non-hydrogen) atoms. The second-order valence-corrected chi connectivity index (χ2v) is 7.08. The molecular weight excluding hydrogens is 384 g/mol. The minimum atomic E-state index is 0.570. The molecule has 0 unspecified atom stereocenters. The lowest BCUT2D eigenvalue weighted by molar-refractivity contribution is 0.354. The zero-order chi connectivity index (χ0) is 20.6. The molecule has 0 saturated carbocycles. The number of ether oxygens (including phenoxy) is 2. The van der Waals surface area contributed by atoms with Crippen molar-refractivity contribution in [2.24, 2.45) is 0 Å². The van der Waals surface area contributed by atoms with Gasteiger partial charge in [-0.2, -0.15) is 5.10 Å². The van der Waals surface area contributed by atoms with Crippen molar-refractivity contribution < 1.29 is 9.47 Å². The van der Waals surface area contributed by atoms with Gasteiger partial charge in [-0.05, 0) is 54.4 Å². The van der Waals surface area contributed by atoms with Crippen molar-refractivity contribution in [2.45, 2.75) is 19.9 Å². The number of benzene rings is 2. The van der Waals surface area contributed by atoms with Gasteiger partial charge in [0.1, 0.15) is 0 Å². The fourth-order valence-electron chi connectivity index (χ4n) is 3.01. The zero-order valence-corrected chi connectivity index (χ0v) is 17.8. The fraction of sp³-hybridized carbons (Fsp3) is 0.273. The molecule has 0 aliphatic carbocycles. The Morgan fingerprint density at radius 3 is 2.66 bits per heavy atom. The highest BCUT2D eigenvalue weighted by atomic mass is 32.1. The molecule has 2 N–H and O–H groups in total. The summed E-state index contributed by atoms with van der Waals surface area (Å²) >= 11 is 5.40. The molecule has 1 heterocycles. The van der Waals surface area contributed by atoms with Gasteiger partial charge in [0.15, 0.2) is 16.6 Å². The molecule has 1 aromatic heterocycles. The van der Waals surface area contributed by atoms with E-state index < -0.39 is 0 Å². The number of rotatable bonds is 8. The van der Waals surface area contributed by atoms with Crippen LogP contribution in [0.15, 0.2) is 54.9 Å². The van der Waals surface area contributed by atoms with Crippen LogP contribution in [0.2, 0.25) is 0 Å². The summed E-state index contributed by atoms with van der Waals surface area (Å²) in [4.78, 5) is 0. The maximum atomic E-state index is 5.40. The van der Waals surface area contributed by atoms with Crippen molar-refractivity contribution in [2.75, 3.05) is 26.1 Å². The number of nitrogens with one attached hydrogen (secondary N) is 2. The number of nitrogens with zero attached hydrogens (tertiary/aromatic N) is 2. The van der Waals surface area contributed by atoms with E-state index in [9.17, 15) is 0 Å². The van der Waals surface area contributed by atoms with Gasteiger partial charge in [0.05, 0.1) is 32.6 Å². The van der Waals surface area contributed by atoms with Crippen LogP contribution in [-0.4, -0.2) is 35.7 Å². The lowest BCUT2D eigenvalue weighted by Gasteiger charge is -2.11. The van der Waals surface area contributed by atoms with Crippen molar-refractivity contribution in [1.82, 2.24) is 15.1 Å². The Balaban J connectivity index is 1.48. The normalized spacial score (nSPS) is 10.4. The average molecular weight is 411 g/mol. The molecule has 2 aromatic carbocycles. The second kappa shape index (κ2) is 9.93. The van der Waals surface area contributed by atoms with Gasteiger partial charge < -0.3 is 20.1 Å². The molecule has 0 amide bonds. The number of thiocarbonyl (C=S) groups is 1. The van der Waals surface area contributed by atoms with Gasteiger partial charge in [-0.1, -0.05) is 30.3 Å². The minimum Gasteiger partial charge on any atom is -0.493 e. The van der Waals surface area contributed by atoms with E-state index in [1.807, 2.05) is 41.2 Å². The highest BCUT2D eigenvalue weighted by molar-refractivity contribution is 7.80. The number of hydrogen-bond donors (Lipinski definition) is 2. The summed E-state index contributed by atoms with van der Waals surface area (Å²) in [6, 6.07) is 14.2. The van der Waals surface area contributed by atoms with Crippen molar-refractivity contribution in [3.63, 3.8) is 0 Å². The van der Waals surface area contributed by atoms with Gasteiger partial charge in [-0.15, -0.1) is 0 Å². The van der Waals surface area contributed by atoms with Gasteiger partial charge in [-0.3, -0.25) is 4.68 Å². The molecule has 152 valence electrons. The lowest BCUT2D eigenvalue weighted by atomic mass is 10.1. The first-order valence-corrected chi connectivity index (χ1v) is 9.82. The van der Waals surface area contributed by atoms with Gasteiger partial charge >= 0.3 is 0 Å². The van der Waals surface area contributed by atoms with Gasteiger partial charge in [0, 0.05) is 12.7 Å². The van der Waals surface area contributed by atoms with Crippen LogP contribution in [0.5, 0.6) is 11.5 Å². The van der Waals surface area contributed by atoms with E-state index in [-0.39, 0.29) is 0 Å². The summed E-state index contributed by atoms with van der Waals surface area (Å²) in [5.74, 6) is 1.45. The Morgan fingerprint density at radius 1 is 1.10 bits per heavy atom. The third-order valence-electron chi connectivity index (χ3n) is 4.63. The molecule has 0 aliphatic rings. The summed E-state index contributed by atoms with van der Waals surface area (Å²) in [6.07, 6.45) is 4.55. The SMILES string of the molecule is COc1ccc(CCNC(=S)Nc2cnn(Cc3ccccc3C)c2)cc1OC. The maximum absolute atomic E-state index is 5.40. The first-order chi connectivity index (χ1) is 14.1. The number of aromatic nitrogens is 2. The van der Waals surface area contributed by atoms with Crippen LogP contribution in [0.1, 0.15) is 16.7 Å². The number of methoxy groups -OCH3 is 2. The molecule has 0 aliphatic heterocycles. The topological polar surface area (TPSA) is 60.3 Å². The third-order valence-corrected chi connectivity index (χ3v) is 4.88. The van der Waals surface area contributed by atoms with E-state index in [0.717, 1.165) is 35.7 Å². The lowest BCUT2D eigenvalue weighted by Crippen LogP contribution is -2.30. The molecule has 3 rings (SSSR count). The second-order valence-electron chi connectivity index (χ2n) is 6.67.